The summed E-state index contributed by atoms with van der Waals surface area (Å²) in [6, 6.07) is 11.6. The summed E-state index contributed by atoms with van der Waals surface area (Å²) in [4.78, 5) is 20.3. The van der Waals surface area contributed by atoms with Gasteiger partial charge in [-0.05, 0) is 30.3 Å². The van der Waals surface area contributed by atoms with Crippen molar-refractivity contribution in [2.24, 2.45) is 5.73 Å². The molecule has 2 aromatic carbocycles. The number of aromatic carboxylic acids is 2. The molecule has 0 aliphatic heterocycles. The summed E-state index contributed by atoms with van der Waals surface area (Å²) in [7, 11) is 0. The summed E-state index contributed by atoms with van der Waals surface area (Å²) in [5, 5.41) is 38.0. The largest absolute Gasteiger partial charge is 2.00 e. The van der Waals surface area contributed by atoms with Gasteiger partial charge in [0.15, 0.2) is 0 Å². The number of carboxylic acid groups (broad SMARTS) is 2. The zero-order valence-corrected chi connectivity index (χ0v) is 17.0. The molecule has 0 aliphatic carbocycles. The van der Waals surface area contributed by atoms with E-state index in [0.717, 1.165) is 0 Å². The summed E-state index contributed by atoms with van der Waals surface area (Å²) in [6.45, 7) is 3.89. The number of carbonyl (C=O) groups excluding carboxylic acids is 2. The van der Waals surface area contributed by atoms with E-state index >= 15 is 0 Å². The van der Waals surface area contributed by atoms with Gasteiger partial charge >= 0.3 is 19.5 Å². The number of nitrogens with two attached hydrogens (primary N) is 1. The monoisotopic (exact) mass is 397 g/mol. The molecule has 4 N–H and O–H groups in total. The van der Waals surface area contributed by atoms with Gasteiger partial charge in [0.2, 0.25) is 0 Å². The van der Waals surface area contributed by atoms with Crippen LogP contribution in [-0.2, 0) is 19.5 Å². The number of carboxylic acids is 2. The zero-order valence-electron chi connectivity index (χ0n) is 14.0. The van der Waals surface area contributed by atoms with Gasteiger partial charge in [-0.1, -0.05) is 38.1 Å². The summed E-state index contributed by atoms with van der Waals surface area (Å²) >= 11 is 0. The number of phenols is 2. The average Bonchev–Trinajstić information content (AvgIpc) is 2.47. The van der Waals surface area contributed by atoms with Crippen LogP contribution in [0, 0.1) is 0 Å². The molecule has 25 heavy (non-hydrogen) atoms. The number of hydrogen-bond acceptors (Lipinski definition) is 7. The van der Waals surface area contributed by atoms with Gasteiger partial charge < -0.3 is 35.7 Å². The topological polar surface area (TPSA) is 147 Å². The fraction of sp³-hybridized carbons (Fsp3) is 0.176. The molecule has 2 rings (SSSR count). The van der Waals surface area contributed by atoms with E-state index in [1.165, 1.54) is 36.4 Å². The molecule has 0 fully saturated rings. The van der Waals surface area contributed by atoms with Crippen molar-refractivity contribution in [2.45, 2.75) is 19.9 Å². The maximum Gasteiger partial charge on any atom is 2.00 e. The van der Waals surface area contributed by atoms with Crippen LogP contribution in [0.5, 0.6) is 11.5 Å². The Balaban J connectivity index is 0. The number of carbonyl (C=O) groups is 2. The third kappa shape index (κ3) is 10.9. The normalized spacial score (nSPS) is 8.80. The third-order valence-electron chi connectivity index (χ3n) is 2.25. The molecule has 0 atom stereocenters. The van der Waals surface area contributed by atoms with Gasteiger partial charge in [0.05, 0.1) is 11.9 Å². The molecule has 0 amide bonds. The van der Waals surface area contributed by atoms with Crippen LogP contribution in [0.2, 0.25) is 0 Å². The first kappa shape index (κ1) is 24.8. The molecule has 130 valence electrons. The van der Waals surface area contributed by atoms with Gasteiger partial charge in [0.1, 0.15) is 11.5 Å². The molecule has 7 nitrogen and oxygen atoms in total. The van der Waals surface area contributed by atoms with Gasteiger partial charge in [-0.25, -0.2) is 0 Å². The first-order chi connectivity index (χ1) is 11.2. The Labute approximate surface area is 158 Å². The maximum absolute atomic E-state index is 10.2. The van der Waals surface area contributed by atoms with Crippen molar-refractivity contribution in [2.75, 3.05) is 0 Å². The summed E-state index contributed by atoms with van der Waals surface area (Å²) in [6.07, 6.45) is 0. The molecule has 0 heterocycles. The molecule has 0 saturated carbocycles. The van der Waals surface area contributed by atoms with Crippen molar-refractivity contribution >= 4 is 11.9 Å². The SMILES string of the molecule is CC(C)N.O=C([O-])c1ccccc1O.O=C([O-])c1ccccc1O.[Zn+2]. The quantitative estimate of drug-likeness (QED) is 0.596. The number of para-hydroxylation sites is 2. The van der Waals surface area contributed by atoms with E-state index in [4.69, 9.17) is 15.9 Å². The van der Waals surface area contributed by atoms with Gasteiger partial charge in [-0.2, -0.15) is 0 Å². The van der Waals surface area contributed by atoms with Crippen LogP contribution in [0.3, 0.4) is 0 Å². The predicted octanol–water partition coefficient (Wildman–Crippen LogP) is -0.138. The van der Waals surface area contributed by atoms with Crippen LogP contribution < -0.4 is 15.9 Å². The summed E-state index contributed by atoms with van der Waals surface area (Å²) < 4.78 is 0. The van der Waals surface area contributed by atoms with E-state index in [1.54, 1.807) is 12.1 Å². The predicted molar refractivity (Wildman–Crippen MR) is 84.2 cm³/mol. The van der Waals surface area contributed by atoms with Crippen molar-refractivity contribution in [1.82, 2.24) is 0 Å². The molecule has 0 radical (unpaired) electrons. The van der Waals surface area contributed by atoms with Crippen LogP contribution >= 0.6 is 0 Å². The van der Waals surface area contributed by atoms with E-state index in [2.05, 4.69) is 0 Å². The first-order valence-electron chi connectivity index (χ1n) is 6.91. The Morgan fingerprint density at radius 1 is 0.840 bits per heavy atom. The minimum Gasteiger partial charge on any atom is -0.545 e. The Kier molecular flexibility index (Phi) is 12.8. The Morgan fingerprint density at radius 3 is 1.24 bits per heavy atom. The Bertz CT molecular complexity index is 617. The average molecular weight is 399 g/mol. The number of aromatic hydroxyl groups is 2. The molecule has 0 unspecified atom stereocenters. The minimum absolute atomic E-state index is 0. The van der Waals surface area contributed by atoms with Crippen molar-refractivity contribution in [1.29, 1.82) is 0 Å². The summed E-state index contributed by atoms with van der Waals surface area (Å²) in [5.74, 6) is -3.25. The molecule has 0 aromatic heterocycles. The number of hydrogen-bond donors (Lipinski definition) is 3. The van der Waals surface area contributed by atoms with Crippen molar-refractivity contribution in [3.63, 3.8) is 0 Å². The summed E-state index contributed by atoms with van der Waals surface area (Å²) in [5.41, 5.74) is 4.75. The van der Waals surface area contributed by atoms with Gasteiger partial charge in [0.25, 0.3) is 0 Å². The van der Waals surface area contributed by atoms with Gasteiger partial charge in [0, 0.05) is 11.1 Å². The maximum atomic E-state index is 10.2. The van der Waals surface area contributed by atoms with E-state index in [1.807, 2.05) is 13.8 Å². The Morgan fingerprint density at radius 2 is 1.08 bits per heavy atom. The van der Waals surface area contributed by atoms with Crippen molar-refractivity contribution in [3.05, 3.63) is 59.7 Å². The Hall–Kier alpha value is -2.44. The zero-order chi connectivity index (χ0) is 18.7. The number of benzene rings is 2. The molecule has 8 heteroatoms. The second kappa shape index (κ2) is 12.9. The van der Waals surface area contributed by atoms with E-state index < -0.39 is 11.9 Å². The molecular weight excluding hydrogens is 380 g/mol. The van der Waals surface area contributed by atoms with E-state index in [9.17, 15) is 19.8 Å². The fourth-order valence-electron chi connectivity index (χ4n) is 1.29. The molecule has 0 spiro atoms. The second-order valence-corrected chi connectivity index (χ2v) is 4.85. The fourth-order valence-corrected chi connectivity index (χ4v) is 1.29. The van der Waals surface area contributed by atoms with Crippen LogP contribution in [0.4, 0.5) is 0 Å². The van der Waals surface area contributed by atoms with Crippen LogP contribution in [-0.4, -0.2) is 28.2 Å². The molecule has 0 aliphatic rings. The van der Waals surface area contributed by atoms with Crippen LogP contribution in [0.25, 0.3) is 0 Å². The van der Waals surface area contributed by atoms with Crippen LogP contribution in [0.1, 0.15) is 34.6 Å². The van der Waals surface area contributed by atoms with Crippen LogP contribution in [0.15, 0.2) is 48.5 Å². The molecule has 0 bridgehead atoms. The molecule has 0 saturated heterocycles. The molecule has 2 aromatic rings. The minimum atomic E-state index is -1.36. The standard InChI is InChI=1S/2C7H6O3.C3H9N.Zn/c2*8-6-4-2-1-3-5(6)7(9)10;1-3(2)4;/h2*1-4,8H,(H,9,10);3H,4H2,1-2H3;/q;;;+2/p-2. The number of rotatable bonds is 2. The third-order valence-corrected chi connectivity index (χ3v) is 2.25. The smallest absolute Gasteiger partial charge is 0.545 e. The van der Waals surface area contributed by atoms with Gasteiger partial charge in [-0.15, -0.1) is 0 Å². The van der Waals surface area contributed by atoms with Gasteiger partial charge in [-0.3, -0.25) is 0 Å². The first-order valence-corrected chi connectivity index (χ1v) is 6.91. The van der Waals surface area contributed by atoms with Crippen molar-refractivity contribution < 1.29 is 49.5 Å². The van der Waals surface area contributed by atoms with E-state index in [-0.39, 0.29) is 42.1 Å². The van der Waals surface area contributed by atoms with Crippen molar-refractivity contribution in [3.8, 4) is 11.5 Å². The molecular formula is C17H19NO6Zn. The second-order valence-electron chi connectivity index (χ2n) is 4.85. The van der Waals surface area contributed by atoms with E-state index in [0.29, 0.717) is 6.04 Å².